The molecule has 0 spiro atoms. The minimum absolute atomic E-state index is 0.147. The molecule has 0 radical (unpaired) electrons. The third-order valence-electron chi connectivity index (χ3n) is 4.46. The summed E-state index contributed by atoms with van der Waals surface area (Å²) in [4.78, 5) is 11.1. The molecular weight excluding hydrogens is 266 g/mol. The Morgan fingerprint density at radius 2 is 2.24 bits per heavy atom. The van der Waals surface area contributed by atoms with E-state index in [2.05, 4.69) is 18.2 Å². The zero-order valence-electron chi connectivity index (χ0n) is 12.7. The zero-order valence-corrected chi connectivity index (χ0v) is 12.7. The van der Waals surface area contributed by atoms with E-state index in [0.717, 1.165) is 19.3 Å². The third kappa shape index (κ3) is 3.83. The number of fused-ring (bicyclic) bond motifs is 1. The number of carboxylic acid groups (broad SMARTS) is 1. The van der Waals surface area contributed by atoms with Crippen molar-refractivity contribution >= 4 is 5.97 Å². The van der Waals surface area contributed by atoms with Gasteiger partial charge in [0, 0.05) is 6.61 Å². The lowest BCUT2D eigenvalue weighted by Crippen LogP contribution is -2.47. The van der Waals surface area contributed by atoms with Crippen molar-refractivity contribution in [3.05, 3.63) is 35.4 Å². The highest BCUT2D eigenvalue weighted by molar-refractivity contribution is 5.78. The molecule has 0 amide bonds. The number of benzene rings is 1. The van der Waals surface area contributed by atoms with Crippen LogP contribution in [-0.4, -0.2) is 23.2 Å². The van der Waals surface area contributed by atoms with Gasteiger partial charge in [-0.15, -0.1) is 0 Å². The first-order valence-electron chi connectivity index (χ1n) is 7.78. The molecule has 2 rings (SSSR count). The smallest absolute Gasteiger partial charge is 0.323 e. The van der Waals surface area contributed by atoms with Gasteiger partial charge < -0.3 is 15.6 Å². The Kier molecular flexibility index (Phi) is 5.37. The average Bonchev–Trinajstić information content (AvgIpc) is 2.51. The van der Waals surface area contributed by atoms with E-state index in [0.29, 0.717) is 25.9 Å². The Morgan fingerprint density at radius 3 is 2.95 bits per heavy atom. The van der Waals surface area contributed by atoms with E-state index in [-0.39, 0.29) is 6.10 Å². The van der Waals surface area contributed by atoms with E-state index < -0.39 is 11.5 Å². The second-order valence-corrected chi connectivity index (χ2v) is 5.87. The fraction of sp³-hybridized carbons (Fsp3) is 0.588. The summed E-state index contributed by atoms with van der Waals surface area (Å²) in [6, 6.07) is 8.41. The topological polar surface area (TPSA) is 72.5 Å². The molecule has 1 aromatic rings. The van der Waals surface area contributed by atoms with Crippen molar-refractivity contribution in [3.63, 3.8) is 0 Å². The molecule has 4 heteroatoms. The number of aryl methyl sites for hydroxylation is 1. The molecule has 21 heavy (non-hydrogen) atoms. The highest BCUT2D eigenvalue weighted by Gasteiger charge is 2.31. The predicted octanol–water partition coefficient (Wildman–Crippen LogP) is 3.05. The second-order valence-electron chi connectivity index (χ2n) is 5.87. The Morgan fingerprint density at radius 1 is 1.48 bits per heavy atom. The summed E-state index contributed by atoms with van der Waals surface area (Å²) in [5.74, 6) is -0.923. The molecule has 0 aromatic heterocycles. The standard InChI is InChI=1S/C17H25NO3/c1-2-17(18,16(19)20)11-6-12-21-15-10-5-8-13-7-3-4-9-14(13)15/h3-4,7,9,15H,2,5-6,8,10-12,18H2,1H3,(H,19,20). The molecule has 1 aliphatic rings. The average molecular weight is 291 g/mol. The molecule has 3 N–H and O–H groups in total. The fourth-order valence-corrected chi connectivity index (χ4v) is 2.93. The lowest BCUT2D eigenvalue weighted by Gasteiger charge is -2.27. The van der Waals surface area contributed by atoms with Crippen LogP contribution in [-0.2, 0) is 16.0 Å². The van der Waals surface area contributed by atoms with E-state index in [9.17, 15) is 4.79 Å². The third-order valence-corrected chi connectivity index (χ3v) is 4.46. The number of hydrogen-bond acceptors (Lipinski definition) is 3. The zero-order chi connectivity index (χ0) is 15.3. The summed E-state index contributed by atoms with van der Waals surface area (Å²) in [7, 11) is 0. The summed E-state index contributed by atoms with van der Waals surface area (Å²) in [6.45, 7) is 2.37. The molecule has 1 aromatic carbocycles. The van der Waals surface area contributed by atoms with E-state index >= 15 is 0 Å². The molecule has 0 aliphatic heterocycles. The van der Waals surface area contributed by atoms with Gasteiger partial charge in [-0.25, -0.2) is 0 Å². The molecular formula is C17H25NO3. The largest absolute Gasteiger partial charge is 0.480 e. The van der Waals surface area contributed by atoms with Crippen LogP contribution < -0.4 is 5.73 Å². The molecule has 0 heterocycles. The SMILES string of the molecule is CCC(N)(CCCOC1CCCc2ccccc21)C(=O)O. The minimum Gasteiger partial charge on any atom is -0.480 e. The first-order valence-corrected chi connectivity index (χ1v) is 7.78. The van der Waals surface area contributed by atoms with Crippen molar-refractivity contribution < 1.29 is 14.6 Å². The number of carbonyl (C=O) groups is 1. The highest BCUT2D eigenvalue weighted by atomic mass is 16.5. The summed E-state index contributed by atoms with van der Waals surface area (Å²) in [5.41, 5.74) is 7.43. The van der Waals surface area contributed by atoms with E-state index in [1.54, 1.807) is 0 Å². The number of rotatable bonds is 7. The van der Waals surface area contributed by atoms with Gasteiger partial charge in [-0.3, -0.25) is 4.79 Å². The van der Waals surface area contributed by atoms with Crippen LogP contribution in [0.2, 0.25) is 0 Å². The molecule has 0 fully saturated rings. The van der Waals surface area contributed by atoms with Gasteiger partial charge in [-0.1, -0.05) is 31.2 Å². The first-order chi connectivity index (χ1) is 10.1. The van der Waals surface area contributed by atoms with Gasteiger partial charge in [0.05, 0.1) is 6.10 Å². The molecule has 0 bridgehead atoms. The minimum atomic E-state index is -1.12. The van der Waals surface area contributed by atoms with Crippen LogP contribution in [0.1, 0.15) is 56.3 Å². The maximum Gasteiger partial charge on any atom is 0.323 e. The molecule has 0 saturated carbocycles. The van der Waals surface area contributed by atoms with E-state index in [1.807, 2.05) is 13.0 Å². The Balaban J connectivity index is 1.84. The molecule has 0 saturated heterocycles. The van der Waals surface area contributed by atoms with E-state index in [4.69, 9.17) is 15.6 Å². The molecule has 1 aliphatic carbocycles. The van der Waals surface area contributed by atoms with Gasteiger partial charge in [0.15, 0.2) is 0 Å². The normalized spacial score (nSPS) is 20.6. The summed E-state index contributed by atoms with van der Waals surface area (Å²) in [5, 5.41) is 9.14. The number of nitrogens with two attached hydrogens (primary N) is 1. The van der Waals surface area contributed by atoms with Crippen molar-refractivity contribution in [1.82, 2.24) is 0 Å². The fourth-order valence-electron chi connectivity index (χ4n) is 2.93. The van der Waals surface area contributed by atoms with Crippen molar-refractivity contribution in [2.24, 2.45) is 5.73 Å². The Bertz CT molecular complexity index is 489. The monoisotopic (exact) mass is 291 g/mol. The number of hydrogen-bond donors (Lipinski definition) is 2. The van der Waals surface area contributed by atoms with Gasteiger partial charge in [0.25, 0.3) is 0 Å². The van der Waals surface area contributed by atoms with Crippen LogP contribution in [0.5, 0.6) is 0 Å². The van der Waals surface area contributed by atoms with Crippen molar-refractivity contribution in [2.75, 3.05) is 6.61 Å². The predicted molar refractivity (Wildman–Crippen MR) is 82.2 cm³/mol. The highest BCUT2D eigenvalue weighted by Crippen LogP contribution is 2.32. The van der Waals surface area contributed by atoms with Crippen LogP contribution in [0.4, 0.5) is 0 Å². The van der Waals surface area contributed by atoms with Crippen LogP contribution in [0.3, 0.4) is 0 Å². The lowest BCUT2D eigenvalue weighted by atomic mass is 9.89. The van der Waals surface area contributed by atoms with Gasteiger partial charge in [-0.05, 0) is 49.7 Å². The Labute approximate surface area is 126 Å². The second kappa shape index (κ2) is 7.05. The van der Waals surface area contributed by atoms with E-state index in [1.165, 1.54) is 11.1 Å². The summed E-state index contributed by atoms with van der Waals surface area (Å²) >= 11 is 0. The molecule has 2 unspecified atom stereocenters. The quantitative estimate of drug-likeness (QED) is 0.757. The van der Waals surface area contributed by atoms with Gasteiger partial charge in [0.1, 0.15) is 5.54 Å². The van der Waals surface area contributed by atoms with Crippen molar-refractivity contribution in [3.8, 4) is 0 Å². The lowest BCUT2D eigenvalue weighted by molar-refractivity contribution is -0.143. The van der Waals surface area contributed by atoms with Crippen LogP contribution >= 0.6 is 0 Å². The van der Waals surface area contributed by atoms with Crippen LogP contribution in [0.15, 0.2) is 24.3 Å². The summed E-state index contributed by atoms with van der Waals surface area (Å²) in [6.07, 6.45) is 5.02. The number of ether oxygens (including phenoxy) is 1. The molecule has 2 atom stereocenters. The van der Waals surface area contributed by atoms with Gasteiger partial charge >= 0.3 is 5.97 Å². The molecule has 116 valence electrons. The van der Waals surface area contributed by atoms with Gasteiger partial charge in [0.2, 0.25) is 0 Å². The molecule has 4 nitrogen and oxygen atoms in total. The number of aliphatic carboxylic acids is 1. The first kappa shape index (κ1) is 16.0. The van der Waals surface area contributed by atoms with Gasteiger partial charge in [-0.2, -0.15) is 0 Å². The van der Waals surface area contributed by atoms with Crippen molar-refractivity contribution in [1.29, 1.82) is 0 Å². The summed E-state index contributed by atoms with van der Waals surface area (Å²) < 4.78 is 5.98. The Hall–Kier alpha value is -1.39. The van der Waals surface area contributed by atoms with Crippen LogP contribution in [0.25, 0.3) is 0 Å². The van der Waals surface area contributed by atoms with Crippen LogP contribution in [0, 0.1) is 0 Å². The maximum absolute atomic E-state index is 11.1. The van der Waals surface area contributed by atoms with Crippen molar-refractivity contribution in [2.45, 2.75) is 57.1 Å². The maximum atomic E-state index is 11.1. The number of carboxylic acids is 1.